The van der Waals surface area contributed by atoms with Crippen LogP contribution < -0.4 is 10.1 Å². The van der Waals surface area contributed by atoms with Crippen LogP contribution in [0.1, 0.15) is 28.8 Å². The third-order valence-electron chi connectivity index (χ3n) is 4.80. The number of amides is 2. The van der Waals surface area contributed by atoms with Gasteiger partial charge in [0.25, 0.3) is 5.91 Å². The fraction of sp³-hybridized carbons (Fsp3) is 0.333. The van der Waals surface area contributed by atoms with Crippen LogP contribution in [0.25, 0.3) is 0 Å². The van der Waals surface area contributed by atoms with E-state index in [1.165, 1.54) is 0 Å². The van der Waals surface area contributed by atoms with E-state index in [1.54, 1.807) is 31.4 Å². The average molecular weight is 387 g/mol. The van der Waals surface area contributed by atoms with Gasteiger partial charge in [-0.15, -0.1) is 0 Å². The summed E-state index contributed by atoms with van der Waals surface area (Å²) in [6, 6.07) is 14.5. The molecule has 3 rings (SSSR count). The van der Waals surface area contributed by atoms with Crippen LogP contribution in [0.4, 0.5) is 0 Å². The van der Waals surface area contributed by atoms with Gasteiger partial charge >= 0.3 is 0 Å². The normalized spacial score (nSPS) is 14.7. The van der Waals surface area contributed by atoms with Crippen molar-refractivity contribution in [2.75, 3.05) is 20.2 Å². The molecule has 6 heteroatoms. The molecule has 1 aliphatic heterocycles. The minimum absolute atomic E-state index is 0.0817. The van der Waals surface area contributed by atoms with Gasteiger partial charge in [0.1, 0.15) is 5.75 Å². The Morgan fingerprint density at radius 3 is 2.30 bits per heavy atom. The number of hydrogen-bond donors (Lipinski definition) is 1. The molecule has 0 radical (unpaired) electrons. The number of ether oxygens (including phenoxy) is 1. The Bertz CT molecular complexity index is 782. The molecule has 5 nitrogen and oxygen atoms in total. The van der Waals surface area contributed by atoms with Crippen molar-refractivity contribution in [3.05, 3.63) is 64.7 Å². The second-order valence-electron chi connectivity index (χ2n) is 6.66. The summed E-state index contributed by atoms with van der Waals surface area (Å²) in [5.41, 5.74) is 1.57. The lowest BCUT2D eigenvalue weighted by atomic mass is 10.0. The Morgan fingerprint density at radius 1 is 1.07 bits per heavy atom. The van der Waals surface area contributed by atoms with Gasteiger partial charge < -0.3 is 15.0 Å². The van der Waals surface area contributed by atoms with E-state index in [1.807, 2.05) is 29.2 Å². The summed E-state index contributed by atoms with van der Waals surface area (Å²) in [5.74, 6) is 0.792. The van der Waals surface area contributed by atoms with Crippen LogP contribution in [-0.2, 0) is 11.2 Å². The van der Waals surface area contributed by atoms with E-state index in [9.17, 15) is 9.59 Å². The van der Waals surface area contributed by atoms with Crippen molar-refractivity contribution in [2.45, 2.75) is 25.3 Å². The first-order chi connectivity index (χ1) is 13.0. The summed E-state index contributed by atoms with van der Waals surface area (Å²) < 4.78 is 5.14. The van der Waals surface area contributed by atoms with Gasteiger partial charge in [0, 0.05) is 29.7 Å². The van der Waals surface area contributed by atoms with Crippen LogP contribution >= 0.6 is 11.6 Å². The smallest absolute Gasteiger partial charge is 0.251 e. The van der Waals surface area contributed by atoms with Crippen LogP contribution in [0.15, 0.2) is 48.5 Å². The maximum absolute atomic E-state index is 12.5. The number of likely N-dealkylation sites (tertiary alicyclic amines) is 1. The van der Waals surface area contributed by atoms with Gasteiger partial charge in [0.2, 0.25) is 5.91 Å². The molecule has 0 saturated carbocycles. The molecule has 2 aromatic carbocycles. The lowest BCUT2D eigenvalue weighted by molar-refractivity contribution is -0.131. The van der Waals surface area contributed by atoms with Gasteiger partial charge in [-0.3, -0.25) is 9.59 Å². The fourth-order valence-corrected chi connectivity index (χ4v) is 3.30. The summed E-state index contributed by atoms with van der Waals surface area (Å²) in [6.07, 6.45) is 1.90. The summed E-state index contributed by atoms with van der Waals surface area (Å²) >= 11 is 5.85. The molecule has 2 aromatic rings. The van der Waals surface area contributed by atoms with Crippen LogP contribution in [0, 0.1) is 0 Å². The molecule has 0 aliphatic carbocycles. The Hall–Kier alpha value is -2.53. The third kappa shape index (κ3) is 5.23. The average Bonchev–Trinajstić information content (AvgIpc) is 2.69. The van der Waals surface area contributed by atoms with Crippen molar-refractivity contribution >= 4 is 23.4 Å². The first-order valence-corrected chi connectivity index (χ1v) is 9.40. The molecule has 27 heavy (non-hydrogen) atoms. The number of carbonyl (C=O) groups excluding carboxylic acids is 2. The first-order valence-electron chi connectivity index (χ1n) is 9.02. The van der Waals surface area contributed by atoms with Crippen LogP contribution in [0.2, 0.25) is 5.02 Å². The van der Waals surface area contributed by atoms with E-state index in [0.29, 0.717) is 30.1 Å². The van der Waals surface area contributed by atoms with Gasteiger partial charge in [-0.25, -0.2) is 0 Å². The number of nitrogens with zero attached hydrogens (tertiary/aromatic N) is 1. The molecular formula is C21H23ClN2O3. The molecule has 1 N–H and O–H groups in total. The molecule has 1 heterocycles. The summed E-state index contributed by atoms with van der Waals surface area (Å²) in [4.78, 5) is 26.7. The van der Waals surface area contributed by atoms with Crippen molar-refractivity contribution in [3.8, 4) is 5.75 Å². The molecule has 1 saturated heterocycles. The quantitative estimate of drug-likeness (QED) is 0.857. The van der Waals surface area contributed by atoms with Crippen molar-refractivity contribution in [1.29, 1.82) is 0 Å². The summed E-state index contributed by atoms with van der Waals surface area (Å²) in [6.45, 7) is 1.31. The second kappa shape index (κ2) is 8.91. The zero-order valence-corrected chi connectivity index (χ0v) is 16.0. The highest BCUT2D eigenvalue weighted by Crippen LogP contribution is 2.16. The Balaban J connectivity index is 1.47. The maximum atomic E-state index is 12.5. The maximum Gasteiger partial charge on any atom is 0.251 e. The molecular weight excluding hydrogens is 364 g/mol. The predicted molar refractivity (Wildman–Crippen MR) is 105 cm³/mol. The highest BCUT2D eigenvalue weighted by atomic mass is 35.5. The number of hydrogen-bond acceptors (Lipinski definition) is 3. The van der Waals surface area contributed by atoms with Crippen molar-refractivity contribution in [3.63, 3.8) is 0 Å². The largest absolute Gasteiger partial charge is 0.497 e. The highest BCUT2D eigenvalue weighted by Gasteiger charge is 2.24. The zero-order valence-electron chi connectivity index (χ0n) is 15.3. The minimum Gasteiger partial charge on any atom is -0.497 e. The number of halogens is 1. The summed E-state index contributed by atoms with van der Waals surface area (Å²) in [7, 11) is 1.62. The topological polar surface area (TPSA) is 58.6 Å². The molecule has 142 valence electrons. The zero-order chi connectivity index (χ0) is 19.2. The van der Waals surface area contributed by atoms with Crippen molar-refractivity contribution in [1.82, 2.24) is 10.2 Å². The Labute approximate surface area is 164 Å². The van der Waals surface area contributed by atoms with E-state index < -0.39 is 0 Å². The van der Waals surface area contributed by atoms with Crippen molar-refractivity contribution < 1.29 is 14.3 Å². The number of rotatable bonds is 5. The predicted octanol–water partition coefficient (Wildman–Crippen LogP) is 3.31. The van der Waals surface area contributed by atoms with E-state index in [0.717, 1.165) is 24.2 Å². The molecule has 0 unspecified atom stereocenters. The number of nitrogens with one attached hydrogen (secondary N) is 1. The highest BCUT2D eigenvalue weighted by molar-refractivity contribution is 6.30. The molecule has 2 amide bonds. The number of benzene rings is 2. The minimum atomic E-state index is -0.102. The summed E-state index contributed by atoms with van der Waals surface area (Å²) in [5, 5.41) is 3.65. The monoisotopic (exact) mass is 386 g/mol. The van der Waals surface area contributed by atoms with Gasteiger partial charge in [0.05, 0.1) is 13.5 Å². The van der Waals surface area contributed by atoms with E-state index >= 15 is 0 Å². The van der Waals surface area contributed by atoms with Crippen LogP contribution in [-0.4, -0.2) is 43.0 Å². The van der Waals surface area contributed by atoms with E-state index in [-0.39, 0.29) is 17.9 Å². The third-order valence-corrected chi connectivity index (χ3v) is 5.06. The number of carbonyl (C=O) groups is 2. The van der Waals surface area contributed by atoms with Gasteiger partial charge in [-0.1, -0.05) is 23.7 Å². The molecule has 0 aromatic heterocycles. The lowest BCUT2D eigenvalue weighted by Crippen LogP contribution is -2.46. The number of piperidine rings is 1. The molecule has 0 spiro atoms. The van der Waals surface area contributed by atoms with Crippen LogP contribution in [0.3, 0.4) is 0 Å². The first kappa shape index (κ1) is 19.2. The van der Waals surface area contributed by atoms with Crippen molar-refractivity contribution in [2.24, 2.45) is 0 Å². The van der Waals surface area contributed by atoms with E-state index in [2.05, 4.69) is 5.32 Å². The van der Waals surface area contributed by atoms with Gasteiger partial charge in [-0.05, 0) is 54.8 Å². The Morgan fingerprint density at radius 2 is 1.70 bits per heavy atom. The lowest BCUT2D eigenvalue weighted by Gasteiger charge is -2.32. The number of methoxy groups -OCH3 is 1. The SMILES string of the molecule is COc1ccc(CC(=O)N2CCC(NC(=O)c3ccc(Cl)cc3)CC2)cc1. The second-order valence-corrected chi connectivity index (χ2v) is 7.10. The van der Waals surface area contributed by atoms with Gasteiger partial charge in [0.15, 0.2) is 0 Å². The standard InChI is InChI=1S/C21H23ClN2O3/c1-27-19-8-2-15(3-9-19)14-20(25)24-12-10-18(11-13-24)23-21(26)16-4-6-17(22)7-5-16/h2-9,18H,10-14H2,1H3,(H,23,26). The molecule has 1 fully saturated rings. The van der Waals surface area contributed by atoms with Crippen LogP contribution in [0.5, 0.6) is 5.75 Å². The molecule has 0 bridgehead atoms. The molecule has 1 aliphatic rings. The fourth-order valence-electron chi connectivity index (χ4n) is 3.17. The van der Waals surface area contributed by atoms with Gasteiger partial charge in [-0.2, -0.15) is 0 Å². The Kier molecular flexibility index (Phi) is 6.35. The molecule has 0 atom stereocenters. The van der Waals surface area contributed by atoms with E-state index in [4.69, 9.17) is 16.3 Å².